The number of nitrogens with two attached hydrogens (primary N) is 1. The second kappa shape index (κ2) is 4.87. The lowest BCUT2D eigenvalue weighted by Crippen LogP contribution is -2.39. The SMILES string of the molecule is Nc1ccc(C2(C(=O)N3CCCCCC3)CC2)cc1. The average Bonchev–Trinajstić information content (AvgIpc) is 3.24. The molecule has 3 heteroatoms. The van der Waals surface area contributed by atoms with Gasteiger partial charge in [-0.2, -0.15) is 0 Å². The Labute approximate surface area is 114 Å². The summed E-state index contributed by atoms with van der Waals surface area (Å²) in [6.45, 7) is 1.88. The van der Waals surface area contributed by atoms with E-state index in [4.69, 9.17) is 5.73 Å². The highest BCUT2D eigenvalue weighted by atomic mass is 16.2. The predicted octanol–water partition coefficient (Wildman–Crippen LogP) is 2.70. The van der Waals surface area contributed by atoms with Crippen LogP contribution >= 0.6 is 0 Å². The Morgan fingerprint density at radius 2 is 1.58 bits per heavy atom. The van der Waals surface area contributed by atoms with Gasteiger partial charge in [-0.05, 0) is 43.4 Å². The summed E-state index contributed by atoms with van der Waals surface area (Å²) in [5.74, 6) is 0.346. The monoisotopic (exact) mass is 258 g/mol. The van der Waals surface area contributed by atoms with Gasteiger partial charge in [-0.3, -0.25) is 4.79 Å². The molecule has 3 rings (SSSR count). The molecule has 102 valence electrons. The smallest absolute Gasteiger partial charge is 0.233 e. The number of hydrogen-bond acceptors (Lipinski definition) is 2. The molecule has 1 amide bonds. The van der Waals surface area contributed by atoms with Gasteiger partial charge >= 0.3 is 0 Å². The summed E-state index contributed by atoms with van der Waals surface area (Å²) in [6, 6.07) is 7.87. The summed E-state index contributed by atoms with van der Waals surface area (Å²) in [6.07, 6.45) is 6.82. The minimum Gasteiger partial charge on any atom is -0.399 e. The highest BCUT2D eigenvalue weighted by molar-refractivity contribution is 5.91. The normalized spacial score (nSPS) is 21.8. The first-order valence-corrected chi connectivity index (χ1v) is 7.38. The first-order valence-electron chi connectivity index (χ1n) is 7.38. The molecular weight excluding hydrogens is 236 g/mol. The van der Waals surface area contributed by atoms with E-state index in [1.165, 1.54) is 12.8 Å². The standard InChI is InChI=1S/C16H22N2O/c17-14-7-5-13(6-8-14)16(9-10-16)15(19)18-11-3-1-2-4-12-18/h5-8H,1-4,9-12,17H2. The van der Waals surface area contributed by atoms with E-state index < -0.39 is 0 Å². The molecule has 3 nitrogen and oxygen atoms in total. The molecule has 1 aromatic rings. The van der Waals surface area contributed by atoms with Crippen LogP contribution in [0, 0.1) is 0 Å². The molecule has 0 spiro atoms. The number of rotatable bonds is 2. The Kier molecular flexibility index (Phi) is 3.21. The molecule has 0 unspecified atom stereocenters. The van der Waals surface area contributed by atoms with Crippen molar-refractivity contribution in [3.63, 3.8) is 0 Å². The van der Waals surface area contributed by atoms with Gasteiger partial charge in [0.2, 0.25) is 5.91 Å². The molecule has 2 N–H and O–H groups in total. The third-order valence-corrected chi connectivity index (χ3v) is 4.52. The molecule has 1 heterocycles. The molecule has 0 atom stereocenters. The van der Waals surface area contributed by atoms with E-state index in [2.05, 4.69) is 4.90 Å². The van der Waals surface area contributed by atoms with E-state index in [0.717, 1.165) is 50.0 Å². The Hall–Kier alpha value is -1.51. The maximum absolute atomic E-state index is 12.8. The van der Waals surface area contributed by atoms with Crippen LogP contribution in [0.5, 0.6) is 0 Å². The van der Waals surface area contributed by atoms with Crippen LogP contribution in [0.2, 0.25) is 0 Å². The second-order valence-electron chi connectivity index (χ2n) is 5.91. The molecule has 1 saturated carbocycles. The number of carbonyl (C=O) groups is 1. The zero-order valence-corrected chi connectivity index (χ0v) is 11.4. The van der Waals surface area contributed by atoms with Crippen molar-refractivity contribution >= 4 is 11.6 Å². The zero-order chi connectivity index (χ0) is 13.3. The van der Waals surface area contributed by atoms with Gasteiger partial charge in [-0.25, -0.2) is 0 Å². The van der Waals surface area contributed by atoms with E-state index in [9.17, 15) is 4.79 Å². The van der Waals surface area contributed by atoms with Gasteiger partial charge in [0.15, 0.2) is 0 Å². The van der Waals surface area contributed by atoms with Crippen LogP contribution in [0.4, 0.5) is 5.69 Å². The number of hydrogen-bond donors (Lipinski definition) is 1. The van der Waals surface area contributed by atoms with Crippen molar-refractivity contribution < 1.29 is 4.79 Å². The lowest BCUT2D eigenvalue weighted by molar-refractivity contribution is -0.133. The number of carbonyl (C=O) groups excluding carboxylic acids is 1. The summed E-state index contributed by atoms with van der Waals surface area (Å²) < 4.78 is 0. The fourth-order valence-corrected chi connectivity index (χ4v) is 3.13. The summed E-state index contributed by atoms with van der Waals surface area (Å²) in [5.41, 5.74) is 7.42. The molecule has 2 aliphatic rings. The summed E-state index contributed by atoms with van der Waals surface area (Å²) in [4.78, 5) is 14.9. The highest BCUT2D eigenvalue weighted by Crippen LogP contribution is 2.49. The first kappa shape index (κ1) is 12.5. The number of nitrogens with zero attached hydrogens (tertiary/aromatic N) is 1. The topological polar surface area (TPSA) is 46.3 Å². The van der Waals surface area contributed by atoms with Gasteiger partial charge in [0.1, 0.15) is 0 Å². The number of likely N-dealkylation sites (tertiary alicyclic amines) is 1. The summed E-state index contributed by atoms with van der Waals surface area (Å²) in [7, 11) is 0. The second-order valence-corrected chi connectivity index (χ2v) is 5.91. The highest BCUT2D eigenvalue weighted by Gasteiger charge is 2.52. The molecule has 1 aliphatic carbocycles. The molecule has 1 aromatic carbocycles. The Bertz CT molecular complexity index is 454. The first-order chi connectivity index (χ1) is 9.22. The number of nitrogen functional groups attached to an aromatic ring is 1. The zero-order valence-electron chi connectivity index (χ0n) is 11.4. The minimum absolute atomic E-state index is 0.224. The quantitative estimate of drug-likeness (QED) is 0.829. The van der Waals surface area contributed by atoms with Crippen LogP contribution in [0.1, 0.15) is 44.1 Å². The fraction of sp³-hybridized carbons (Fsp3) is 0.562. The van der Waals surface area contributed by atoms with E-state index in [1.807, 2.05) is 24.3 Å². The number of amides is 1. The maximum atomic E-state index is 12.8. The Morgan fingerprint density at radius 3 is 2.11 bits per heavy atom. The Morgan fingerprint density at radius 1 is 1.00 bits per heavy atom. The van der Waals surface area contributed by atoms with E-state index in [1.54, 1.807) is 0 Å². The summed E-state index contributed by atoms with van der Waals surface area (Å²) in [5, 5.41) is 0. The van der Waals surface area contributed by atoms with Crippen molar-refractivity contribution in [3.8, 4) is 0 Å². The molecule has 0 bridgehead atoms. The van der Waals surface area contributed by atoms with Crippen molar-refractivity contribution in [1.29, 1.82) is 0 Å². The van der Waals surface area contributed by atoms with Crippen molar-refractivity contribution in [3.05, 3.63) is 29.8 Å². The van der Waals surface area contributed by atoms with Gasteiger partial charge in [0.25, 0.3) is 0 Å². The molecular formula is C16H22N2O. The maximum Gasteiger partial charge on any atom is 0.233 e. The number of anilines is 1. The molecule has 0 aromatic heterocycles. The lowest BCUT2D eigenvalue weighted by atomic mass is 9.94. The van der Waals surface area contributed by atoms with Gasteiger partial charge in [0, 0.05) is 18.8 Å². The minimum atomic E-state index is -0.224. The van der Waals surface area contributed by atoms with E-state index in [-0.39, 0.29) is 5.41 Å². The lowest BCUT2D eigenvalue weighted by Gasteiger charge is -2.26. The fourth-order valence-electron chi connectivity index (χ4n) is 3.13. The van der Waals surface area contributed by atoms with Crippen LogP contribution in [-0.4, -0.2) is 23.9 Å². The van der Waals surface area contributed by atoms with Crippen molar-refractivity contribution in [2.45, 2.75) is 43.9 Å². The van der Waals surface area contributed by atoms with Crippen LogP contribution in [0.15, 0.2) is 24.3 Å². The van der Waals surface area contributed by atoms with Gasteiger partial charge < -0.3 is 10.6 Å². The van der Waals surface area contributed by atoms with Gasteiger partial charge in [-0.15, -0.1) is 0 Å². The van der Waals surface area contributed by atoms with E-state index >= 15 is 0 Å². The van der Waals surface area contributed by atoms with Crippen LogP contribution < -0.4 is 5.73 Å². The van der Waals surface area contributed by atoms with Gasteiger partial charge in [-0.1, -0.05) is 25.0 Å². The van der Waals surface area contributed by atoms with Crippen LogP contribution in [-0.2, 0) is 10.2 Å². The molecule has 19 heavy (non-hydrogen) atoms. The molecule has 1 aliphatic heterocycles. The molecule has 0 radical (unpaired) electrons. The molecule has 1 saturated heterocycles. The predicted molar refractivity (Wildman–Crippen MR) is 76.8 cm³/mol. The van der Waals surface area contributed by atoms with Gasteiger partial charge in [0.05, 0.1) is 5.41 Å². The van der Waals surface area contributed by atoms with Crippen molar-refractivity contribution in [1.82, 2.24) is 4.90 Å². The third-order valence-electron chi connectivity index (χ3n) is 4.52. The van der Waals surface area contributed by atoms with E-state index in [0.29, 0.717) is 5.91 Å². The number of benzene rings is 1. The van der Waals surface area contributed by atoms with Crippen LogP contribution in [0.25, 0.3) is 0 Å². The van der Waals surface area contributed by atoms with Crippen LogP contribution in [0.3, 0.4) is 0 Å². The summed E-state index contributed by atoms with van der Waals surface area (Å²) >= 11 is 0. The average molecular weight is 258 g/mol. The Balaban J connectivity index is 1.80. The largest absolute Gasteiger partial charge is 0.399 e. The molecule has 2 fully saturated rings. The van der Waals surface area contributed by atoms with Crippen molar-refractivity contribution in [2.75, 3.05) is 18.8 Å². The third kappa shape index (κ3) is 2.34. The van der Waals surface area contributed by atoms with Crippen molar-refractivity contribution in [2.24, 2.45) is 0 Å².